The number of unbranched alkanes of at least 4 members (excludes halogenated alkanes) is 3. The van der Waals surface area contributed by atoms with Crippen LogP contribution in [0.2, 0.25) is 0 Å². The number of carbonyl (C=O) groups excluding carboxylic acids is 1. The lowest BCUT2D eigenvalue weighted by atomic mass is 10.2. The molecule has 0 unspecified atom stereocenters. The van der Waals surface area contributed by atoms with E-state index in [1.807, 2.05) is 0 Å². The molecule has 23 heavy (non-hydrogen) atoms. The van der Waals surface area contributed by atoms with Gasteiger partial charge in [0.15, 0.2) is 0 Å². The normalized spacial score (nSPS) is 10.7. The molecule has 7 nitrogen and oxygen atoms in total. The average Bonchev–Trinajstić information content (AvgIpc) is 2.54. The molecule has 2 aromatic rings. The fourth-order valence-corrected chi connectivity index (χ4v) is 2.20. The van der Waals surface area contributed by atoms with Crippen molar-refractivity contribution in [2.75, 3.05) is 6.61 Å². The molecular formula is C16H17NO6. The lowest BCUT2D eigenvalue weighted by Crippen LogP contribution is -2.17. The van der Waals surface area contributed by atoms with Crippen LogP contribution in [0.4, 0.5) is 5.69 Å². The zero-order valence-electron chi connectivity index (χ0n) is 12.7. The Morgan fingerprint density at radius 1 is 1.26 bits per heavy atom. The van der Waals surface area contributed by atoms with Gasteiger partial charge in [0, 0.05) is 0 Å². The van der Waals surface area contributed by atoms with E-state index in [0.29, 0.717) is 6.42 Å². The molecule has 122 valence electrons. The molecular weight excluding hydrogens is 302 g/mol. The monoisotopic (exact) mass is 319 g/mol. The fourth-order valence-electron chi connectivity index (χ4n) is 2.20. The highest BCUT2D eigenvalue weighted by atomic mass is 16.6. The first kappa shape index (κ1) is 16.7. The van der Waals surface area contributed by atoms with Crippen molar-refractivity contribution in [1.29, 1.82) is 0 Å². The molecule has 0 spiro atoms. The third kappa shape index (κ3) is 3.74. The SMILES string of the molecule is CCCCCCOC(=O)c1oc2ccccc2c(=O)c1[N+](=O)[O-]. The molecule has 2 rings (SSSR count). The average molecular weight is 319 g/mol. The largest absolute Gasteiger partial charge is 0.460 e. The summed E-state index contributed by atoms with van der Waals surface area (Å²) < 4.78 is 10.3. The Bertz CT molecular complexity index is 780. The number of rotatable bonds is 7. The summed E-state index contributed by atoms with van der Waals surface area (Å²) in [5, 5.41) is 11.2. The molecule has 0 bridgehead atoms. The second kappa shape index (κ2) is 7.53. The third-order valence-corrected chi connectivity index (χ3v) is 3.37. The van der Waals surface area contributed by atoms with Crippen LogP contribution in [0.3, 0.4) is 0 Å². The molecule has 1 aromatic carbocycles. The van der Waals surface area contributed by atoms with Crippen molar-refractivity contribution in [3.05, 3.63) is 50.4 Å². The fraction of sp³-hybridized carbons (Fsp3) is 0.375. The van der Waals surface area contributed by atoms with Gasteiger partial charge in [0.25, 0.3) is 11.2 Å². The predicted molar refractivity (Wildman–Crippen MR) is 83.6 cm³/mol. The minimum atomic E-state index is -0.990. The Kier molecular flexibility index (Phi) is 5.46. The number of fused-ring (bicyclic) bond motifs is 1. The maximum atomic E-state index is 12.2. The summed E-state index contributed by atoms with van der Waals surface area (Å²) in [7, 11) is 0. The number of nitrogens with zero attached hydrogens (tertiary/aromatic N) is 1. The zero-order chi connectivity index (χ0) is 16.8. The number of esters is 1. The predicted octanol–water partition coefficient (Wildman–Crippen LogP) is 3.44. The molecule has 1 aromatic heterocycles. The maximum absolute atomic E-state index is 12.2. The summed E-state index contributed by atoms with van der Waals surface area (Å²) >= 11 is 0. The highest BCUT2D eigenvalue weighted by molar-refractivity contribution is 5.93. The number of benzene rings is 1. The molecule has 0 aliphatic heterocycles. The van der Waals surface area contributed by atoms with Crippen LogP contribution in [0.25, 0.3) is 11.0 Å². The van der Waals surface area contributed by atoms with E-state index in [2.05, 4.69) is 6.92 Å². The summed E-state index contributed by atoms with van der Waals surface area (Å²) in [6, 6.07) is 6.05. The molecule has 0 aliphatic rings. The van der Waals surface area contributed by atoms with Gasteiger partial charge in [-0.3, -0.25) is 14.9 Å². The minimum absolute atomic E-state index is 0.0543. The van der Waals surface area contributed by atoms with E-state index in [1.165, 1.54) is 12.1 Å². The second-order valence-corrected chi connectivity index (χ2v) is 5.06. The topological polar surface area (TPSA) is 99.7 Å². The van der Waals surface area contributed by atoms with Crippen LogP contribution < -0.4 is 5.43 Å². The van der Waals surface area contributed by atoms with Crippen molar-refractivity contribution < 1.29 is 18.9 Å². The molecule has 0 saturated heterocycles. The van der Waals surface area contributed by atoms with E-state index >= 15 is 0 Å². The van der Waals surface area contributed by atoms with Gasteiger partial charge in [-0.25, -0.2) is 4.79 Å². The number of ether oxygens (including phenoxy) is 1. The van der Waals surface area contributed by atoms with E-state index in [1.54, 1.807) is 12.1 Å². The first-order valence-electron chi connectivity index (χ1n) is 7.43. The number of hydrogen-bond donors (Lipinski definition) is 0. The van der Waals surface area contributed by atoms with Gasteiger partial charge in [0.2, 0.25) is 0 Å². The van der Waals surface area contributed by atoms with Crippen LogP contribution >= 0.6 is 0 Å². The van der Waals surface area contributed by atoms with Gasteiger partial charge in [-0.05, 0) is 18.6 Å². The zero-order valence-corrected chi connectivity index (χ0v) is 12.7. The van der Waals surface area contributed by atoms with Crippen molar-refractivity contribution in [2.24, 2.45) is 0 Å². The molecule has 0 atom stereocenters. The summed E-state index contributed by atoms with van der Waals surface area (Å²) in [5.41, 5.74) is -1.63. The van der Waals surface area contributed by atoms with Gasteiger partial charge < -0.3 is 9.15 Å². The first-order chi connectivity index (χ1) is 11.1. The van der Waals surface area contributed by atoms with E-state index < -0.39 is 27.8 Å². The lowest BCUT2D eigenvalue weighted by molar-refractivity contribution is -0.387. The Hall–Kier alpha value is -2.70. The Morgan fingerprint density at radius 3 is 2.70 bits per heavy atom. The summed E-state index contributed by atoms with van der Waals surface area (Å²) in [6.07, 6.45) is 3.61. The molecule has 0 N–H and O–H groups in total. The molecule has 1 heterocycles. The molecule has 0 radical (unpaired) electrons. The van der Waals surface area contributed by atoms with Crippen LogP contribution in [0, 0.1) is 10.1 Å². The quantitative estimate of drug-likeness (QED) is 0.335. The summed E-state index contributed by atoms with van der Waals surface area (Å²) in [6.45, 7) is 2.19. The molecule has 0 aliphatic carbocycles. The molecule has 0 saturated carbocycles. The lowest BCUT2D eigenvalue weighted by Gasteiger charge is -2.05. The minimum Gasteiger partial charge on any atom is -0.460 e. The van der Waals surface area contributed by atoms with Crippen molar-refractivity contribution in [2.45, 2.75) is 32.6 Å². The van der Waals surface area contributed by atoms with E-state index in [4.69, 9.17) is 9.15 Å². The molecule has 0 fully saturated rings. The third-order valence-electron chi connectivity index (χ3n) is 3.37. The number of hydrogen-bond acceptors (Lipinski definition) is 6. The van der Waals surface area contributed by atoms with Crippen LogP contribution in [0.15, 0.2) is 33.5 Å². The maximum Gasteiger partial charge on any atom is 0.381 e. The van der Waals surface area contributed by atoms with Gasteiger partial charge in [0.05, 0.1) is 16.9 Å². The summed E-state index contributed by atoms with van der Waals surface area (Å²) in [4.78, 5) is 34.5. The van der Waals surface area contributed by atoms with Crippen LogP contribution in [0.1, 0.15) is 43.2 Å². The first-order valence-corrected chi connectivity index (χ1v) is 7.43. The molecule has 7 heteroatoms. The van der Waals surface area contributed by atoms with Gasteiger partial charge in [-0.2, -0.15) is 0 Å². The Labute approximate surface area is 132 Å². The number of nitro groups is 1. The second-order valence-electron chi connectivity index (χ2n) is 5.06. The highest BCUT2D eigenvalue weighted by Gasteiger charge is 2.30. The van der Waals surface area contributed by atoms with Crippen LogP contribution in [-0.2, 0) is 4.74 Å². The smallest absolute Gasteiger partial charge is 0.381 e. The van der Waals surface area contributed by atoms with Crippen molar-refractivity contribution in [3.63, 3.8) is 0 Å². The standard InChI is InChI=1S/C16H17NO6/c1-2-3-4-7-10-22-16(19)15-13(17(20)21)14(18)11-8-5-6-9-12(11)23-15/h5-6,8-9H,2-4,7,10H2,1H3. The van der Waals surface area contributed by atoms with E-state index in [9.17, 15) is 19.7 Å². The van der Waals surface area contributed by atoms with Crippen LogP contribution in [-0.4, -0.2) is 17.5 Å². The van der Waals surface area contributed by atoms with Gasteiger partial charge >= 0.3 is 11.7 Å². The van der Waals surface area contributed by atoms with Crippen molar-refractivity contribution in [3.8, 4) is 0 Å². The van der Waals surface area contributed by atoms with Crippen LogP contribution in [0.5, 0.6) is 0 Å². The van der Waals surface area contributed by atoms with E-state index in [0.717, 1.165) is 19.3 Å². The van der Waals surface area contributed by atoms with Crippen molar-refractivity contribution >= 4 is 22.6 Å². The van der Waals surface area contributed by atoms with Gasteiger partial charge in [-0.15, -0.1) is 0 Å². The number of para-hydroxylation sites is 1. The van der Waals surface area contributed by atoms with Gasteiger partial charge in [-0.1, -0.05) is 38.3 Å². The Morgan fingerprint density at radius 2 is 2.00 bits per heavy atom. The molecule has 0 amide bonds. The summed E-state index contributed by atoms with van der Waals surface area (Å²) in [5.74, 6) is -1.65. The highest BCUT2D eigenvalue weighted by Crippen LogP contribution is 2.21. The Balaban J connectivity index is 2.31. The van der Waals surface area contributed by atoms with Crippen molar-refractivity contribution in [1.82, 2.24) is 0 Å². The van der Waals surface area contributed by atoms with Gasteiger partial charge in [0.1, 0.15) is 5.58 Å². The number of carbonyl (C=O) groups is 1. The van der Waals surface area contributed by atoms with E-state index in [-0.39, 0.29) is 17.6 Å².